The summed E-state index contributed by atoms with van der Waals surface area (Å²) in [5.41, 5.74) is 2.59. The Kier molecular flexibility index (Phi) is 5.43. The number of fused-ring (bicyclic) bond motifs is 1. The molecule has 1 aromatic heterocycles. The Morgan fingerprint density at radius 1 is 1.00 bits per heavy atom. The summed E-state index contributed by atoms with van der Waals surface area (Å²) in [6, 6.07) is 10.3. The van der Waals surface area contributed by atoms with E-state index in [0.29, 0.717) is 41.2 Å². The van der Waals surface area contributed by atoms with Crippen molar-refractivity contribution in [2.75, 3.05) is 31.1 Å². The Labute approximate surface area is 177 Å². The molecular weight excluding hydrogens is 421 g/mol. The number of halogens is 3. The first kappa shape index (κ1) is 19.4. The third-order valence-corrected chi connectivity index (χ3v) is 6.13. The number of carboxylic acids is 1. The Morgan fingerprint density at radius 2 is 1.75 bits per heavy atom. The monoisotopic (exact) mass is 437 g/mol. The van der Waals surface area contributed by atoms with Gasteiger partial charge in [-0.05, 0) is 36.4 Å². The van der Waals surface area contributed by atoms with Crippen LogP contribution < -0.4 is 4.90 Å². The van der Waals surface area contributed by atoms with E-state index in [1.165, 1.54) is 0 Å². The van der Waals surface area contributed by atoms with Gasteiger partial charge in [0.2, 0.25) is 0 Å². The van der Waals surface area contributed by atoms with Crippen molar-refractivity contribution in [2.24, 2.45) is 0 Å². The first-order chi connectivity index (χ1) is 13.4. The van der Waals surface area contributed by atoms with Crippen LogP contribution in [-0.4, -0.2) is 47.1 Å². The fourth-order valence-corrected chi connectivity index (χ4v) is 4.21. The number of carbonyl (C=O) groups is 1. The number of benzene rings is 2. The number of aliphatic carboxylic acids is 1. The highest BCUT2D eigenvalue weighted by Gasteiger charge is 2.32. The number of anilines is 1. The molecule has 8 heteroatoms. The van der Waals surface area contributed by atoms with Crippen LogP contribution in [0.2, 0.25) is 15.1 Å². The predicted octanol–water partition coefficient (Wildman–Crippen LogP) is 5.08. The van der Waals surface area contributed by atoms with E-state index < -0.39 is 12.0 Å². The fraction of sp³-hybridized carbons (Fsp3) is 0.250. The maximum Gasteiger partial charge on any atom is 0.325 e. The zero-order valence-corrected chi connectivity index (χ0v) is 17.1. The van der Waals surface area contributed by atoms with Crippen LogP contribution in [0.1, 0.15) is 11.6 Å². The average molecular weight is 439 g/mol. The largest absolute Gasteiger partial charge is 0.480 e. The number of carboxylic acid groups (broad SMARTS) is 1. The number of rotatable bonds is 4. The van der Waals surface area contributed by atoms with Gasteiger partial charge in [-0.3, -0.25) is 9.69 Å². The Morgan fingerprint density at radius 3 is 2.43 bits per heavy atom. The zero-order valence-electron chi connectivity index (χ0n) is 14.8. The van der Waals surface area contributed by atoms with E-state index in [0.717, 1.165) is 22.2 Å². The number of aromatic nitrogens is 1. The van der Waals surface area contributed by atoms with Gasteiger partial charge >= 0.3 is 5.97 Å². The van der Waals surface area contributed by atoms with Crippen molar-refractivity contribution in [3.05, 3.63) is 63.2 Å². The van der Waals surface area contributed by atoms with Gasteiger partial charge < -0.3 is 15.0 Å². The van der Waals surface area contributed by atoms with Gasteiger partial charge in [-0.15, -0.1) is 0 Å². The van der Waals surface area contributed by atoms with E-state index in [2.05, 4.69) is 9.88 Å². The quantitative estimate of drug-likeness (QED) is 0.596. The lowest BCUT2D eigenvalue weighted by molar-refractivity contribution is -0.143. The zero-order chi connectivity index (χ0) is 19.8. The highest BCUT2D eigenvalue weighted by Crippen LogP contribution is 2.32. The number of hydrogen-bond acceptors (Lipinski definition) is 3. The molecule has 2 aromatic carbocycles. The molecule has 0 amide bonds. The summed E-state index contributed by atoms with van der Waals surface area (Å²) in [4.78, 5) is 19.4. The van der Waals surface area contributed by atoms with E-state index in [-0.39, 0.29) is 0 Å². The molecule has 0 spiro atoms. The summed E-state index contributed by atoms with van der Waals surface area (Å²) >= 11 is 18.3. The molecule has 1 aliphatic heterocycles. The minimum Gasteiger partial charge on any atom is -0.480 e. The Balaban J connectivity index is 1.56. The van der Waals surface area contributed by atoms with Crippen molar-refractivity contribution in [2.45, 2.75) is 6.04 Å². The van der Waals surface area contributed by atoms with Crippen molar-refractivity contribution in [3.63, 3.8) is 0 Å². The van der Waals surface area contributed by atoms with Gasteiger partial charge in [0.15, 0.2) is 0 Å². The van der Waals surface area contributed by atoms with Crippen LogP contribution in [0, 0.1) is 0 Å². The fourth-order valence-electron chi connectivity index (χ4n) is 3.75. The minimum absolute atomic E-state index is 0.515. The molecule has 0 aliphatic carbocycles. The Hall–Kier alpha value is -1.92. The number of nitrogens with zero attached hydrogens (tertiary/aromatic N) is 2. The van der Waals surface area contributed by atoms with Gasteiger partial charge in [-0.25, -0.2) is 0 Å². The van der Waals surface area contributed by atoms with E-state index in [1.54, 1.807) is 18.3 Å². The third-order valence-electron chi connectivity index (χ3n) is 5.15. The first-order valence-electron chi connectivity index (χ1n) is 8.87. The van der Waals surface area contributed by atoms with Gasteiger partial charge in [0.05, 0.1) is 10.0 Å². The van der Waals surface area contributed by atoms with E-state index in [4.69, 9.17) is 34.8 Å². The second-order valence-corrected chi connectivity index (χ2v) is 8.05. The second-order valence-electron chi connectivity index (χ2n) is 6.80. The number of aromatic amines is 1. The van der Waals surface area contributed by atoms with Crippen molar-refractivity contribution in [1.29, 1.82) is 0 Å². The third kappa shape index (κ3) is 3.67. The van der Waals surface area contributed by atoms with Crippen molar-refractivity contribution in [3.8, 4) is 0 Å². The lowest BCUT2D eigenvalue weighted by Crippen LogP contribution is -2.49. The number of nitrogens with one attached hydrogen (secondary N) is 1. The molecule has 0 bridgehead atoms. The number of hydrogen-bond donors (Lipinski definition) is 2. The van der Waals surface area contributed by atoms with Crippen LogP contribution in [0.5, 0.6) is 0 Å². The molecule has 1 atom stereocenters. The smallest absolute Gasteiger partial charge is 0.325 e. The molecule has 3 aromatic rings. The molecule has 28 heavy (non-hydrogen) atoms. The first-order valence-corrected chi connectivity index (χ1v) is 10.0. The molecule has 1 aliphatic rings. The molecule has 146 valence electrons. The van der Waals surface area contributed by atoms with Crippen molar-refractivity contribution in [1.82, 2.24) is 9.88 Å². The van der Waals surface area contributed by atoms with Crippen LogP contribution in [0.4, 0.5) is 5.69 Å². The standard InChI is InChI=1S/C20H18Cl3N3O2/c21-12-1-4-18-14(9-12)15(11-24-18)19(20(27)28)26-7-5-25(6-8-26)13-2-3-16(22)17(23)10-13/h1-4,9-11,19,24H,5-8H2,(H,27,28). The molecule has 1 saturated heterocycles. The molecule has 1 unspecified atom stereocenters. The topological polar surface area (TPSA) is 59.6 Å². The normalized spacial score (nSPS) is 16.5. The summed E-state index contributed by atoms with van der Waals surface area (Å²) in [5.74, 6) is -0.871. The number of H-pyrrole nitrogens is 1. The van der Waals surface area contributed by atoms with Crippen LogP contribution in [0.25, 0.3) is 10.9 Å². The maximum atomic E-state index is 12.1. The van der Waals surface area contributed by atoms with Gasteiger partial charge in [-0.2, -0.15) is 0 Å². The summed E-state index contributed by atoms with van der Waals surface area (Å²) in [6.45, 7) is 2.63. The lowest BCUT2D eigenvalue weighted by atomic mass is 10.0. The van der Waals surface area contributed by atoms with Crippen LogP contribution in [0.15, 0.2) is 42.6 Å². The molecule has 0 radical (unpaired) electrons. The van der Waals surface area contributed by atoms with E-state index >= 15 is 0 Å². The molecule has 0 saturated carbocycles. The summed E-state index contributed by atoms with van der Waals surface area (Å²) in [7, 11) is 0. The summed E-state index contributed by atoms with van der Waals surface area (Å²) in [5, 5.41) is 12.4. The lowest BCUT2D eigenvalue weighted by Gasteiger charge is -2.38. The van der Waals surface area contributed by atoms with Gasteiger partial charge in [0.25, 0.3) is 0 Å². The van der Waals surface area contributed by atoms with Crippen molar-refractivity contribution < 1.29 is 9.90 Å². The van der Waals surface area contributed by atoms with Crippen LogP contribution in [0.3, 0.4) is 0 Å². The van der Waals surface area contributed by atoms with E-state index in [9.17, 15) is 9.90 Å². The summed E-state index contributed by atoms with van der Waals surface area (Å²) < 4.78 is 0. The maximum absolute atomic E-state index is 12.1. The van der Waals surface area contributed by atoms with Crippen molar-refractivity contribution >= 4 is 57.4 Å². The molecule has 4 rings (SSSR count). The second kappa shape index (κ2) is 7.84. The van der Waals surface area contributed by atoms with Crippen LogP contribution >= 0.6 is 34.8 Å². The highest BCUT2D eigenvalue weighted by atomic mass is 35.5. The minimum atomic E-state index is -0.871. The Bertz CT molecular complexity index is 1030. The molecule has 5 nitrogen and oxygen atoms in total. The molecule has 2 N–H and O–H groups in total. The van der Waals surface area contributed by atoms with E-state index in [1.807, 2.05) is 29.2 Å². The van der Waals surface area contributed by atoms with Gasteiger partial charge in [-0.1, -0.05) is 34.8 Å². The molecular formula is C20H18Cl3N3O2. The molecule has 1 fully saturated rings. The molecule has 2 heterocycles. The van der Waals surface area contributed by atoms with Crippen LogP contribution in [-0.2, 0) is 4.79 Å². The average Bonchev–Trinajstić information content (AvgIpc) is 3.07. The summed E-state index contributed by atoms with van der Waals surface area (Å²) in [6.07, 6.45) is 1.77. The van der Waals surface area contributed by atoms with Gasteiger partial charge in [0.1, 0.15) is 6.04 Å². The predicted molar refractivity (Wildman–Crippen MR) is 114 cm³/mol. The highest BCUT2D eigenvalue weighted by molar-refractivity contribution is 6.42. The SMILES string of the molecule is O=C(O)C(c1c[nH]c2ccc(Cl)cc12)N1CCN(c2ccc(Cl)c(Cl)c2)CC1. The van der Waals surface area contributed by atoms with Gasteiger partial charge in [0, 0.05) is 59.6 Å². The number of piperazine rings is 1.